The minimum absolute atomic E-state index is 0.0150. The number of carbonyl (C=O) groups excluding carboxylic acids is 2. The first-order valence-corrected chi connectivity index (χ1v) is 9.46. The molecule has 0 N–H and O–H groups in total. The van der Waals surface area contributed by atoms with Gasteiger partial charge in [-0.2, -0.15) is 5.10 Å². The monoisotopic (exact) mass is 368 g/mol. The molecule has 1 aromatic heterocycles. The van der Waals surface area contributed by atoms with Gasteiger partial charge < -0.3 is 14.5 Å². The van der Waals surface area contributed by atoms with Crippen LogP contribution in [0.15, 0.2) is 42.7 Å². The molecule has 0 unspecified atom stereocenters. The summed E-state index contributed by atoms with van der Waals surface area (Å²) in [4.78, 5) is 28.9. The zero-order valence-corrected chi connectivity index (χ0v) is 15.3. The molecule has 1 atom stereocenters. The van der Waals surface area contributed by atoms with Crippen molar-refractivity contribution < 1.29 is 14.3 Å². The topological polar surface area (TPSA) is 67.7 Å². The van der Waals surface area contributed by atoms with Gasteiger partial charge in [0, 0.05) is 44.2 Å². The standard InChI is InChI=1S/C20H24N4O3/c25-19-8-7-16-5-1-2-6-18(16)24(19)15-20(26)22-10-4-12-27-17(13-22)14-23-11-3-9-21-23/h1-3,5-6,9,11,17H,4,7-8,10,12-15H2/t17-/m0/s1. The van der Waals surface area contributed by atoms with Gasteiger partial charge in [-0.05, 0) is 30.5 Å². The fourth-order valence-electron chi connectivity index (χ4n) is 3.75. The van der Waals surface area contributed by atoms with Crippen LogP contribution in [0.25, 0.3) is 0 Å². The zero-order chi connectivity index (χ0) is 18.6. The molecule has 0 saturated carbocycles. The molecule has 27 heavy (non-hydrogen) atoms. The number of para-hydroxylation sites is 1. The molecule has 7 heteroatoms. The molecule has 4 rings (SSSR count). The normalized spacial score (nSPS) is 20.3. The Morgan fingerprint density at radius 2 is 2.11 bits per heavy atom. The molecule has 0 spiro atoms. The van der Waals surface area contributed by atoms with Gasteiger partial charge in [-0.25, -0.2) is 0 Å². The van der Waals surface area contributed by atoms with Crippen LogP contribution in [0.1, 0.15) is 18.4 Å². The number of carbonyl (C=O) groups is 2. The molecule has 0 bridgehead atoms. The summed E-state index contributed by atoms with van der Waals surface area (Å²) >= 11 is 0. The third-order valence-corrected chi connectivity index (χ3v) is 5.14. The fourth-order valence-corrected chi connectivity index (χ4v) is 3.75. The van der Waals surface area contributed by atoms with Crippen LogP contribution in [0.3, 0.4) is 0 Å². The van der Waals surface area contributed by atoms with Crippen molar-refractivity contribution >= 4 is 17.5 Å². The Morgan fingerprint density at radius 1 is 1.22 bits per heavy atom. The summed E-state index contributed by atoms with van der Waals surface area (Å²) in [6.07, 6.45) is 5.52. The maximum atomic E-state index is 13.0. The van der Waals surface area contributed by atoms with Gasteiger partial charge >= 0.3 is 0 Å². The summed E-state index contributed by atoms with van der Waals surface area (Å²) < 4.78 is 7.71. The molecule has 2 aromatic rings. The summed E-state index contributed by atoms with van der Waals surface area (Å²) in [6, 6.07) is 9.71. The van der Waals surface area contributed by atoms with Crippen LogP contribution >= 0.6 is 0 Å². The Balaban J connectivity index is 1.44. The number of benzene rings is 1. The highest BCUT2D eigenvalue weighted by atomic mass is 16.5. The van der Waals surface area contributed by atoms with Gasteiger partial charge in [0.1, 0.15) is 6.54 Å². The largest absolute Gasteiger partial charge is 0.374 e. The number of hydrogen-bond donors (Lipinski definition) is 0. The van der Waals surface area contributed by atoms with Gasteiger partial charge in [-0.3, -0.25) is 14.3 Å². The van der Waals surface area contributed by atoms with E-state index >= 15 is 0 Å². The van der Waals surface area contributed by atoms with Crippen molar-refractivity contribution in [2.24, 2.45) is 0 Å². The van der Waals surface area contributed by atoms with Gasteiger partial charge in [0.15, 0.2) is 0 Å². The van der Waals surface area contributed by atoms with E-state index in [1.807, 2.05) is 46.1 Å². The highest BCUT2D eigenvalue weighted by Gasteiger charge is 2.29. The van der Waals surface area contributed by atoms with Crippen molar-refractivity contribution in [2.45, 2.75) is 31.9 Å². The van der Waals surface area contributed by atoms with Crippen LogP contribution < -0.4 is 4.90 Å². The molecule has 3 heterocycles. The lowest BCUT2D eigenvalue weighted by atomic mass is 10.0. The summed E-state index contributed by atoms with van der Waals surface area (Å²) in [5.74, 6) is -0.0165. The molecule has 7 nitrogen and oxygen atoms in total. The number of fused-ring (bicyclic) bond motifs is 1. The summed E-state index contributed by atoms with van der Waals surface area (Å²) in [7, 11) is 0. The average Bonchev–Trinajstić information content (AvgIpc) is 3.07. The Kier molecular flexibility index (Phi) is 5.20. The highest BCUT2D eigenvalue weighted by molar-refractivity contribution is 6.01. The van der Waals surface area contributed by atoms with Crippen molar-refractivity contribution in [2.75, 3.05) is 31.1 Å². The lowest BCUT2D eigenvalue weighted by Gasteiger charge is -2.31. The Morgan fingerprint density at radius 3 is 2.96 bits per heavy atom. The second-order valence-corrected chi connectivity index (χ2v) is 7.02. The minimum atomic E-state index is -0.0966. The third-order valence-electron chi connectivity index (χ3n) is 5.14. The van der Waals surface area contributed by atoms with E-state index in [4.69, 9.17) is 4.74 Å². The molecular weight excluding hydrogens is 344 g/mol. The fraction of sp³-hybridized carbons (Fsp3) is 0.450. The third kappa shape index (κ3) is 4.03. The van der Waals surface area contributed by atoms with Crippen LogP contribution in [0.4, 0.5) is 5.69 Å². The highest BCUT2D eigenvalue weighted by Crippen LogP contribution is 2.27. The van der Waals surface area contributed by atoms with Gasteiger partial charge in [-0.1, -0.05) is 18.2 Å². The molecular formula is C20H24N4O3. The predicted molar refractivity (Wildman–Crippen MR) is 100 cm³/mol. The second-order valence-electron chi connectivity index (χ2n) is 7.02. The molecule has 1 saturated heterocycles. The van der Waals surface area contributed by atoms with Crippen LogP contribution in [0, 0.1) is 0 Å². The number of hydrogen-bond acceptors (Lipinski definition) is 4. The molecule has 2 aliphatic heterocycles. The van der Waals surface area contributed by atoms with Crippen molar-refractivity contribution in [3.63, 3.8) is 0 Å². The van der Waals surface area contributed by atoms with Gasteiger partial charge in [0.2, 0.25) is 11.8 Å². The Bertz CT molecular complexity index is 805. The van der Waals surface area contributed by atoms with E-state index in [9.17, 15) is 9.59 Å². The van der Waals surface area contributed by atoms with Crippen molar-refractivity contribution in [3.05, 3.63) is 48.3 Å². The molecule has 142 valence electrons. The lowest BCUT2D eigenvalue weighted by Crippen LogP contribution is -2.47. The van der Waals surface area contributed by atoms with E-state index < -0.39 is 0 Å². The van der Waals surface area contributed by atoms with Gasteiger partial charge in [-0.15, -0.1) is 0 Å². The number of amides is 2. The maximum Gasteiger partial charge on any atom is 0.242 e. The summed E-state index contributed by atoms with van der Waals surface area (Å²) in [5, 5.41) is 4.22. The van der Waals surface area contributed by atoms with Crippen LogP contribution in [0.5, 0.6) is 0 Å². The van der Waals surface area contributed by atoms with Crippen molar-refractivity contribution in [1.82, 2.24) is 14.7 Å². The van der Waals surface area contributed by atoms with Crippen molar-refractivity contribution in [3.8, 4) is 0 Å². The second kappa shape index (κ2) is 7.92. The molecule has 0 radical (unpaired) electrons. The number of aryl methyl sites for hydroxylation is 1. The quantitative estimate of drug-likeness (QED) is 0.820. The molecule has 1 fully saturated rings. The summed E-state index contributed by atoms with van der Waals surface area (Å²) in [5.41, 5.74) is 1.99. The SMILES string of the molecule is O=C(CN1C(=O)CCc2ccccc21)N1CCCO[C@H](Cn2cccn2)C1. The first kappa shape index (κ1) is 17.7. The number of anilines is 1. The van der Waals surface area contributed by atoms with E-state index in [1.54, 1.807) is 11.1 Å². The van der Waals surface area contributed by atoms with E-state index in [-0.39, 0.29) is 24.5 Å². The van der Waals surface area contributed by atoms with E-state index in [2.05, 4.69) is 5.10 Å². The zero-order valence-electron chi connectivity index (χ0n) is 15.3. The summed E-state index contributed by atoms with van der Waals surface area (Å²) in [6.45, 7) is 2.49. The smallest absolute Gasteiger partial charge is 0.242 e. The lowest BCUT2D eigenvalue weighted by molar-refractivity contribution is -0.132. The van der Waals surface area contributed by atoms with Gasteiger partial charge in [0.25, 0.3) is 0 Å². The first-order valence-electron chi connectivity index (χ1n) is 9.46. The maximum absolute atomic E-state index is 13.0. The van der Waals surface area contributed by atoms with Crippen molar-refractivity contribution in [1.29, 1.82) is 0 Å². The van der Waals surface area contributed by atoms with Gasteiger partial charge in [0.05, 0.1) is 12.6 Å². The number of ether oxygens (including phenoxy) is 1. The van der Waals surface area contributed by atoms with E-state index in [0.717, 1.165) is 24.1 Å². The Hall–Kier alpha value is -2.67. The van der Waals surface area contributed by atoms with Crippen LogP contribution in [0.2, 0.25) is 0 Å². The first-order chi connectivity index (χ1) is 13.2. The minimum Gasteiger partial charge on any atom is -0.374 e. The molecule has 2 aliphatic rings. The number of nitrogens with zero attached hydrogens (tertiary/aromatic N) is 4. The number of rotatable bonds is 4. The molecule has 1 aromatic carbocycles. The predicted octanol–water partition coefficient (Wildman–Crippen LogP) is 1.48. The Labute approximate surface area is 158 Å². The van der Waals surface area contributed by atoms with E-state index in [0.29, 0.717) is 32.7 Å². The average molecular weight is 368 g/mol. The number of aromatic nitrogens is 2. The molecule has 2 amide bonds. The van der Waals surface area contributed by atoms with Crippen LogP contribution in [-0.2, 0) is 27.3 Å². The molecule has 0 aliphatic carbocycles. The van der Waals surface area contributed by atoms with Crippen LogP contribution in [-0.4, -0.2) is 58.8 Å². The van der Waals surface area contributed by atoms with E-state index in [1.165, 1.54) is 0 Å².